The summed E-state index contributed by atoms with van der Waals surface area (Å²) in [4.78, 5) is 16.0. The molecule has 1 aliphatic heterocycles. The quantitative estimate of drug-likeness (QED) is 0.703. The lowest BCUT2D eigenvalue weighted by Gasteiger charge is -2.24. The Morgan fingerprint density at radius 1 is 1.07 bits per heavy atom. The number of rotatable bonds is 0. The number of primary amides is 1. The maximum absolute atomic E-state index is 10.5. The van der Waals surface area contributed by atoms with Crippen LogP contribution >= 0.6 is 0 Å². The molecular formula is C11H17N3O. The molecule has 0 atom stereocenters. The summed E-state index contributed by atoms with van der Waals surface area (Å²) in [5.74, 6) is 0. The van der Waals surface area contributed by atoms with Crippen molar-refractivity contribution in [1.82, 2.24) is 9.88 Å². The van der Waals surface area contributed by atoms with Crippen molar-refractivity contribution in [3.8, 4) is 0 Å². The Morgan fingerprint density at radius 3 is 1.93 bits per heavy atom. The van der Waals surface area contributed by atoms with Gasteiger partial charge in [0.15, 0.2) is 0 Å². The van der Waals surface area contributed by atoms with Gasteiger partial charge >= 0.3 is 6.03 Å². The number of piperidine rings is 1. The monoisotopic (exact) mass is 207 g/mol. The third kappa shape index (κ3) is 5.00. The molecule has 82 valence electrons. The normalized spacial score (nSPS) is 15.1. The maximum atomic E-state index is 10.5. The van der Waals surface area contributed by atoms with Gasteiger partial charge in [-0.1, -0.05) is 6.07 Å². The average molecular weight is 207 g/mol. The predicted molar refractivity (Wildman–Crippen MR) is 59.2 cm³/mol. The van der Waals surface area contributed by atoms with Gasteiger partial charge < -0.3 is 10.6 Å². The van der Waals surface area contributed by atoms with Crippen LogP contribution in [0.25, 0.3) is 0 Å². The second kappa shape index (κ2) is 6.81. The third-order valence-corrected chi connectivity index (χ3v) is 2.23. The molecule has 4 heteroatoms. The molecule has 0 aromatic carbocycles. The number of nitrogens with two attached hydrogens (primary N) is 1. The summed E-state index contributed by atoms with van der Waals surface area (Å²) in [6.07, 6.45) is 6.97. The van der Waals surface area contributed by atoms with Crippen LogP contribution in [0.15, 0.2) is 30.6 Å². The molecule has 2 heterocycles. The molecule has 0 saturated carbocycles. The van der Waals surface area contributed by atoms with E-state index < -0.39 is 0 Å². The Labute approximate surface area is 90.1 Å². The van der Waals surface area contributed by atoms with Gasteiger partial charge in [-0.2, -0.15) is 0 Å². The highest BCUT2D eigenvalue weighted by atomic mass is 16.2. The molecule has 0 radical (unpaired) electrons. The van der Waals surface area contributed by atoms with E-state index in [1.807, 2.05) is 18.2 Å². The van der Waals surface area contributed by atoms with Gasteiger partial charge in [-0.3, -0.25) is 4.98 Å². The number of likely N-dealkylation sites (tertiary alicyclic amines) is 1. The van der Waals surface area contributed by atoms with Gasteiger partial charge in [-0.25, -0.2) is 4.79 Å². The molecule has 1 aromatic rings. The highest BCUT2D eigenvalue weighted by Crippen LogP contribution is 2.06. The van der Waals surface area contributed by atoms with Crippen LogP contribution in [0.4, 0.5) is 4.79 Å². The first-order valence-corrected chi connectivity index (χ1v) is 5.20. The first kappa shape index (κ1) is 11.5. The first-order valence-electron chi connectivity index (χ1n) is 5.20. The highest BCUT2D eigenvalue weighted by molar-refractivity contribution is 5.71. The lowest BCUT2D eigenvalue weighted by Crippen LogP contribution is -2.39. The number of hydrogen-bond donors (Lipinski definition) is 1. The summed E-state index contributed by atoms with van der Waals surface area (Å²) < 4.78 is 0. The van der Waals surface area contributed by atoms with Gasteiger partial charge in [0.2, 0.25) is 0 Å². The van der Waals surface area contributed by atoms with Gasteiger partial charge in [-0.15, -0.1) is 0 Å². The summed E-state index contributed by atoms with van der Waals surface area (Å²) in [5.41, 5.74) is 5.05. The number of carbonyl (C=O) groups excluding carboxylic acids is 1. The van der Waals surface area contributed by atoms with Gasteiger partial charge in [0.25, 0.3) is 0 Å². The van der Waals surface area contributed by atoms with Crippen molar-refractivity contribution in [3.63, 3.8) is 0 Å². The lowest BCUT2D eigenvalue weighted by atomic mass is 10.1. The topological polar surface area (TPSA) is 59.2 Å². The smallest absolute Gasteiger partial charge is 0.314 e. The number of aromatic nitrogens is 1. The molecule has 1 saturated heterocycles. The van der Waals surface area contributed by atoms with E-state index in [1.165, 1.54) is 6.42 Å². The molecule has 1 aromatic heterocycles. The predicted octanol–water partition coefficient (Wildman–Crippen LogP) is 1.63. The Bertz CT molecular complexity index is 244. The van der Waals surface area contributed by atoms with E-state index in [-0.39, 0.29) is 6.03 Å². The van der Waals surface area contributed by atoms with E-state index in [4.69, 9.17) is 5.73 Å². The van der Waals surface area contributed by atoms with Crippen molar-refractivity contribution < 1.29 is 4.79 Å². The maximum Gasteiger partial charge on any atom is 0.314 e. The van der Waals surface area contributed by atoms with E-state index >= 15 is 0 Å². The van der Waals surface area contributed by atoms with Crippen LogP contribution in [0.1, 0.15) is 19.3 Å². The van der Waals surface area contributed by atoms with Crippen LogP contribution in [0.3, 0.4) is 0 Å². The van der Waals surface area contributed by atoms with Gasteiger partial charge in [0.1, 0.15) is 0 Å². The van der Waals surface area contributed by atoms with Crippen LogP contribution in [-0.2, 0) is 0 Å². The number of hydrogen-bond acceptors (Lipinski definition) is 2. The molecule has 15 heavy (non-hydrogen) atoms. The summed E-state index contributed by atoms with van der Waals surface area (Å²) >= 11 is 0. The molecule has 1 aliphatic rings. The Hall–Kier alpha value is -1.58. The fourth-order valence-electron chi connectivity index (χ4n) is 1.43. The summed E-state index contributed by atoms with van der Waals surface area (Å²) in [6, 6.07) is 5.45. The molecule has 0 aliphatic carbocycles. The fraction of sp³-hybridized carbons (Fsp3) is 0.455. The van der Waals surface area contributed by atoms with E-state index in [2.05, 4.69) is 4.98 Å². The second-order valence-electron chi connectivity index (χ2n) is 3.41. The lowest BCUT2D eigenvalue weighted by molar-refractivity contribution is 0.196. The van der Waals surface area contributed by atoms with Gasteiger partial charge in [0, 0.05) is 25.5 Å². The number of nitrogens with zero attached hydrogens (tertiary/aromatic N) is 2. The summed E-state index contributed by atoms with van der Waals surface area (Å²) in [7, 11) is 0. The minimum Gasteiger partial charge on any atom is -0.351 e. The zero-order valence-corrected chi connectivity index (χ0v) is 8.80. The number of carbonyl (C=O) groups is 1. The van der Waals surface area contributed by atoms with E-state index in [0.717, 1.165) is 25.9 Å². The van der Waals surface area contributed by atoms with Crippen LogP contribution < -0.4 is 5.73 Å². The Balaban J connectivity index is 0.000000162. The molecule has 0 bridgehead atoms. The summed E-state index contributed by atoms with van der Waals surface area (Å²) in [5, 5.41) is 0. The van der Waals surface area contributed by atoms with Crippen LogP contribution in [0.5, 0.6) is 0 Å². The third-order valence-electron chi connectivity index (χ3n) is 2.23. The van der Waals surface area contributed by atoms with E-state index in [0.29, 0.717) is 0 Å². The first-order chi connectivity index (χ1) is 7.30. The highest BCUT2D eigenvalue weighted by Gasteiger charge is 2.11. The molecule has 2 amide bonds. The molecule has 2 rings (SSSR count). The fourth-order valence-corrected chi connectivity index (χ4v) is 1.43. The average Bonchev–Trinajstić information content (AvgIpc) is 2.33. The van der Waals surface area contributed by atoms with E-state index in [9.17, 15) is 4.79 Å². The standard InChI is InChI=1S/C6H12N2O.C5H5N/c7-6(9)8-4-2-1-3-5-8;1-2-4-6-5-3-1/h1-5H2,(H2,7,9);1-5H. The van der Waals surface area contributed by atoms with Crippen LogP contribution in [-0.4, -0.2) is 29.0 Å². The van der Waals surface area contributed by atoms with Crippen LogP contribution in [0, 0.1) is 0 Å². The zero-order chi connectivity index (χ0) is 10.9. The van der Waals surface area contributed by atoms with Gasteiger partial charge in [-0.05, 0) is 31.4 Å². The molecular weight excluding hydrogens is 190 g/mol. The van der Waals surface area contributed by atoms with Crippen molar-refractivity contribution in [2.75, 3.05) is 13.1 Å². The van der Waals surface area contributed by atoms with Crippen molar-refractivity contribution in [2.45, 2.75) is 19.3 Å². The molecule has 2 N–H and O–H groups in total. The minimum atomic E-state index is -0.269. The van der Waals surface area contributed by atoms with Crippen molar-refractivity contribution in [2.24, 2.45) is 5.73 Å². The molecule has 0 unspecified atom stereocenters. The largest absolute Gasteiger partial charge is 0.351 e. The molecule has 4 nitrogen and oxygen atoms in total. The van der Waals surface area contributed by atoms with Crippen LogP contribution in [0.2, 0.25) is 0 Å². The Morgan fingerprint density at radius 2 is 1.67 bits per heavy atom. The number of urea groups is 1. The summed E-state index contributed by atoms with van der Waals surface area (Å²) in [6.45, 7) is 1.71. The van der Waals surface area contributed by atoms with Crippen molar-refractivity contribution in [3.05, 3.63) is 30.6 Å². The SMILES string of the molecule is NC(=O)N1CCCCC1.c1ccncc1. The van der Waals surface area contributed by atoms with E-state index in [1.54, 1.807) is 17.3 Å². The molecule has 1 fully saturated rings. The van der Waals surface area contributed by atoms with Gasteiger partial charge in [0.05, 0.1) is 0 Å². The number of amides is 2. The molecule has 0 spiro atoms. The zero-order valence-electron chi connectivity index (χ0n) is 8.80. The van der Waals surface area contributed by atoms with Crippen molar-refractivity contribution in [1.29, 1.82) is 0 Å². The minimum absolute atomic E-state index is 0.269. The number of pyridine rings is 1. The van der Waals surface area contributed by atoms with Crippen molar-refractivity contribution >= 4 is 6.03 Å². The Kier molecular flexibility index (Phi) is 5.22. The second-order valence-corrected chi connectivity index (χ2v) is 3.41.